The maximum absolute atomic E-state index is 10.9. The number of carbonyl (C=O) groups excluding carboxylic acids is 1. The van der Waals surface area contributed by atoms with Gasteiger partial charge in [-0.25, -0.2) is 0 Å². The number of esters is 1. The molecule has 0 amide bonds. The summed E-state index contributed by atoms with van der Waals surface area (Å²) in [6.45, 7) is 0.317. The van der Waals surface area contributed by atoms with E-state index in [2.05, 4.69) is 0 Å². The van der Waals surface area contributed by atoms with Gasteiger partial charge in [-0.1, -0.05) is 30.3 Å². The van der Waals surface area contributed by atoms with Gasteiger partial charge < -0.3 is 9.84 Å². The highest BCUT2D eigenvalue weighted by molar-refractivity contribution is 7.99. The van der Waals surface area contributed by atoms with Crippen molar-refractivity contribution >= 4 is 17.7 Å². The van der Waals surface area contributed by atoms with E-state index >= 15 is 0 Å². The molecular weight excluding hydrogens is 224 g/mol. The van der Waals surface area contributed by atoms with Crippen LogP contribution in [0, 0.1) is 0 Å². The number of cyclic esters (lactones) is 1. The summed E-state index contributed by atoms with van der Waals surface area (Å²) < 4.78 is 4.93. The molecule has 1 N–H and O–H groups in total. The van der Waals surface area contributed by atoms with E-state index in [-0.39, 0.29) is 17.6 Å². The second-order valence-electron chi connectivity index (χ2n) is 3.79. The molecule has 0 spiro atoms. The van der Waals surface area contributed by atoms with Crippen molar-refractivity contribution < 1.29 is 14.6 Å². The summed E-state index contributed by atoms with van der Waals surface area (Å²) >= 11 is 1.63. The fraction of sp³-hybridized carbons (Fsp3) is 0.417. The van der Waals surface area contributed by atoms with Gasteiger partial charge in [0.2, 0.25) is 0 Å². The summed E-state index contributed by atoms with van der Waals surface area (Å²) in [6.07, 6.45) is -0.457. The molecule has 1 aromatic rings. The molecule has 0 saturated carbocycles. The molecule has 1 fully saturated rings. The van der Waals surface area contributed by atoms with Crippen LogP contribution in [-0.2, 0) is 15.3 Å². The third kappa shape index (κ3) is 3.00. The molecule has 0 aromatic heterocycles. The van der Waals surface area contributed by atoms with Crippen LogP contribution in [0.1, 0.15) is 12.0 Å². The Balaban J connectivity index is 1.84. The average molecular weight is 238 g/mol. The van der Waals surface area contributed by atoms with Crippen LogP contribution in [0.4, 0.5) is 0 Å². The van der Waals surface area contributed by atoms with Gasteiger partial charge in [-0.15, -0.1) is 11.8 Å². The predicted octanol–water partition coefficient (Wildman–Crippen LogP) is 1.60. The fourth-order valence-corrected chi connectivity index (χ4v) is 2.67. The first-order valence-corrected chi connectivity index (χ1v) is 6.30. The molecule has 1 aliphatic heterocycles. The van der Waals surface area contributed by atoms with E-state index in [0.717, 1.165) is 5.75 Å². The van der Waals surface area contributed by atoms with Crippen molar-refractivity contribution in [2.24, 2.45) is 0 Å². The molecule has 4 heteroatoms. The molecule has 0 aliphatic carbocycles. The van der Waals surface area contributed by atoms with Crippen LogP contribution in [0.2, 0.25) is 0 Å². The highest BCUT2D eigenvalue weighted by atomic mass is 32.2. The summed E-state index contributed by atoms with van der Waals surface area (Å²) in [5.74, 6) is 0.532. The molecule has 1 saturated heterocycles. The number of aliphatic hydroxyl groups is 1. The second kappa shape index (κ2) is 5.37. The molecule has 2 rings (SSSR count). The van der Waals surface area contributed by atoms with Gasteiger partial charge in [-0.3, -0.25) is 4.79 Å². The number of aliphatic hydroxyl groups excluding tert-OH is 1. The quantitative estimate of drug-likeness (QED) is 0.812. The lowest BCUT2D eigenvalue weighted by Crippen LogP contribution is -2.37. The summed E-state index contributed by atoms with van der Waals surface area (Å²) in [5.41, 5.74) is 1.22. The lowest BCUT2D eigenvalue weighted by atomic mass is 10.1. The number of carbonyl (C=O) groups is 1. The van der Waals surface area contributed by atoms with Crippen LogP contribution >= 0.6 is 11.8 Å². The Labute approximate surface area is 98.8 Å². The molecule has 1 heterocycles. The smallest absolute Gasteiger partial charge is 0.308 e. The number of rotatable bonds is 3. The zero-order chi connectivity index (χ0) is 11.4. The summed E-state index contributed by atoms with van der Waals surface area (Å²) in [5, 5.41) is 9.69. The van der Waals surface area contributed by atoms with Crippen LogP contribution in [0.25, 0.3) is 0 Å². The van der Waals surface area contributed by atoms with Gasteiger partial charge in [0.05, 0.1) is 17.8 Å². The largest absolute Gasteiger partial charge is 0.464 e. The van der Waals surface area contributed by atoms with Crippen LogP contribution in [0.15, 0.2) is 30.3 Å². The van der Waals surface area contributed by atoms with Gasteiger partial charge in [0.25, 0.3) is 0 Å². The molecular formula is C12H14O3S. The predicted molar refractivity (Wildman–Crippen MR) is 63.1 cm³/mol. The van der Waals surface area contributed by atoms with Gasteiger partial charge in [-0.05, 0) is 5.56 Å². The normalized spacial score (nSPS) is 25.2. The number of hydrogen-bond donors (Lipinski definition) is 1. The standard InChI is InChI=1S/C12H14O3S/c13-10-6-12(14)15-7-11(10)16-8-9-4-2-1-3-5-9/h1-5,10-11,13H,6-8H2. The Bertz CT molecular complexity index is 353. The van der Waals surface area contributed by atoms with Crippen molar-refractivity contribution in [2.75, 3.05) is 6.61 Å². The van der Waals surface area contributed by atoms with Crippen molar-refractivity contribution in [3.05, 3.63) is 35.9 Å². The van der Waals surface area contributed by atoms with Gasteiger partial charge in [0, 0.05) is 5.75 Å². The zero-order valence-electron chi connectivity index (χ0n) is 8.83. The van der Waals surface area contributed by atoms with E-state index in [0.29, 0.717) is 6.61 Å². The number of thioether (sulfide) groups is 1. The Hall–Kier alpha value is -1.00. The molecule has 3 nitrogen and oxygen atoms in total. The van der Waals surface area contributed by atoms with Gasteiger partial charge in [0.1, 0.15) is 6.61 Å². The maximum atomic E-state index is 10.9. The van der Waals surface area contributed by atoms with Crippen LogP contribution in [0.3, 0.4) is 0 Å². The Morgan fingerprint density at radius 3 is 2.81 bits per heavy atom. The Kier molecular flexibility index (Phi) is 3.85. The van der Waals surface area contributed by atoms with E-state index in [4.69, 9.17) is 4.74 Å². The van der Waals surface area contributed by atoms with Gasteiger partial charge in [-0.2, -0.15) is 0 Å². The van der Waals surface area contributed by atoms with E-state index in [9.17, 15) is 9.90 Å². The first-order chi connectivity index (χ1) is 7.75. The number of benzene rings is 1. The monoisotopic (exact) mass is 238 g/mol. The molecule has 16 heavy (non-hydrogen) atoms. The zero-order valence-corrected chi connectivity index (χ0v) is 9.65. The second-order valence-corrected chi connectivity index (χ2v) is 5.02. The summed E-state index contributed by atoms with van der Waals surface area (Å²) in [7, 11) is 0. The number of hydrogen-bond acceptors (Lipinski definition) is 4. The third-order valence-corrected chi connectivity index (χ3v) is 3.90. The van der Waals surface area contributed by atoms with Crippen molar-refractivity contribution in [3.8, 4) is 0 Å². The Morgan fingerprint density at radius 1 is 1.38 bits per heavy atom. The maximum Gasteiger partial charge on any atom is 0.308 e. The minimum Gasteiger partial charge on any atom is -0.464 e. The van der Waals surface area contributed by atoms with Gasteiger partial charge >= 0.3 is 5.97 Å². The average Bonchev–Trinajstić information content (AvgIpc) is 2.29. The van der Waals surface area contributed by atoms with E-state index in [1.807, 2.05) is 30.3 Å². The lowest BCUT2D eigenvalue weighted by molar-refractivity contribution is -0.150. The fourth-order valence-electron chi connectivity index (χ4n) is 1.58. The Morgan fingerprint density at radius 2 is 2.12 bits per heavy atom. The van der Waals surface area contributed by atoms with Crippen molar-refractivity contribution in [1.29, 1.82) is 0 Å². The van der Waals surface area contributed by atoms with Crippen molar-refractivity contribution in [2.45, 2.75) is 23.5 Å². The van der Waals surface area contributed by atoms with E-state index in [1.54, 1.807) is 11.8 Å². The summed E-state index contributed by atoms with van der Waals surface area (Å²) in [4.78, 5) is 10.9. The molecule has 0 bridgehead atoms. The molecule has 1 aromatic carbocycles. The van der Waals surface area contributed by atoms with E-state index in [1.165, 1.54) is 5.56 Å². The minimum atomic E-state index is -0.574. The minimum absolute atomic E-state index is 0.00194. The number of ether oxygens (including phenoxy) is 1. The van der Waals surface area contributed by atoms with Crippen molar-refractivity contribution in [3.63, 3.8) is 0 Å². The van der Waals surface area contributed by atoms with Crippen LogP contribution in [-0.4, -0.2) is 29.0 Å². The molecule has 2 atom stereocenters. The molecule has 86 valence electrons. The van der Waals surface area contributed by atoms with Crippen molar-refractivity contribution in [1.82, 2.24) is 0 Å². The molecule has 0 radical (unpaired) electrons. The molecule has 2 unspecified atom stereocenters. The highest BCUT2D eigenvalue weighted by Crippen LogP contribution is 2.25. The highest BCUT2D eigenvalue weighted by Gasteiger charge is 2.29. The molecule has 1 aliphatic rings. The topological polar surface area (TPSA) is 46.5 Å². The van der Waals surface area contributed by atoms with Gasteiger partial charge in [0.15, 0.2) is 0 Å². The van der Waals surface area contributed by atoms with Crippen LogP contribution in [0.5, 0.6) is 0 Å². The van der Waals surface area contributed by atoms with E-state index < -0.39 is 6.10 Å². The lowest BCUT2D eigenvalue weighted by Gasteiger charge is -2.26. The first-order valence-electron chi connectivity index (χ1n) is 5.25. The third-order valence-electron chi connectivity index (χ3n) is 2.52. The van der Waals surface area contributed by atoms with Crippen LogP contribution < -0.4 is 0 Å². The SMILES string of the molecule is O=C1CC(O)C(SCc2ccccc2)CO1. The first kappa shape index (κ1) is 11.5. The summed E-state index contributed by atoms with van der Waals surface area (Å²) in [6, 6.07) is 10.1.